The lowest BCUT2D eigenvalue weighted by Crippen LogP contribution is -2.34. The molecule has 1 aromatic carbocycles. The van der Waals surface area contributed by atoms with Crippen LogP contribution in [0.2, 0.25) is 0 Å². The van der Waals surface area contributed by atoms with Gasteiger partial charge in [0.2, 0.25) is 0 Å². The molecule has 0 radical (unpaired) electrons. The van der Waals surface area contributed by atoms with Gasteiger partial charge in [-0.2, -0.15) is 0 Å². The number of hydrogen-bond acceptors (Lipinski definition) is 1. The van der Waals surface area contributed by atoms with Crippen LogP contribution in [0.15, 0.2) is 30.3 Å². The Kier molecular flexibility index (Phi) is 3.42. The largest absolute Gasteiger partial charge is 0.317 e. The summed E-state index contributed by atoms with van der Waals surface area (Å²) in [6.07, 6.45) is 5.23. The Morgan fingerprint density at radius 1 is 1.13 bits per heavy atom. The maximum atomic E-state index is 3.44. The molecular formula is C14H21N. The minimum Gasteiger partial charge on any atom is -0.317 e. The highest BCUT2D eigenvalue weighted by atomic mass is 14.9. The molecule has 82 valence electrons. The second kappa shape index (κ2) is 4.80. The van der Waals surface area contributed by atoms with Crippen molar-refractivity contribution in [1.29, 1.82) is 0 Å². The summed E-state index contributed by atoms with van der Waals surface area (Å²) in [4.78, 5) is 0. The summed E-state index contributed by atoms with van der Waals surface area (Å²) < 4.78 is 0. The third-order valence-corrected chi connectivity index (χ3v) is 3.67. The fourth-order valence-corrected chi connectivity index (χ4v) is 2.37. The predicted octanol–water partition coefficient (Wildman–Crippen LogP) is 3.01. The molecule has 1 N–H and O–H groups in total. The molecule has 1 saturated heterocycles. The van der Waals surface area contributed by atoms with E-state index in [2.05, 4.69) is 42.6 Å². The van der Waals surface area contributed by atoms with Gasteiger partial charge >= 0.3 is 0 Å². The molecular weight excluding hydrogens is 182 g/mol. The van der Waals surface area contributed by atoms with Crippen molar-refractivity contribution >= 4 is 0 Å². The van der Waals surface area contributed by atoms with Gasteiger partial charge in [-0.25, -0.2) is 0 Å². The molecule has 1 fully saturated rings. The Morgan fingerprint density at radius 2 is 1.80 bits per heavy atom. The van der Waals surface area contributed by atoms with Gasteiger partial charge in [0, 0.05) is 0 Å². The summed E-state index contributed by atoms with van der Waals surface area (Å²) in [5, 5.41) is 3.44. The van der Waals surface area contributed by atoms with Crippen molar-refractivity contribution in [2.24, 2.45) is 5.41 Å². The van der Waals surface area contributed by atoms with E-state index in [-0.39, 0.29) is 0 Å². The molecule has 0 aliphatic carbocycles. The first-order chi connectivity index (χ1) is 7.29. The molecule has 2 rings (SSSR count). The van der Waals surface area contributed by atoms with Crippen molar-refractivity contribution in [1.82, 2.24) is 5.32 Å². The predicted molar refractivity (Wildman–Crippen MR) is 65.0 cm³/mol. The zero-order valence-electron chi connectivity index (χ0n) is 9.63. The average Bonchev–Trinajstić information content (AvgIpc) is 2.29. The topological polar surface area (TPSA) is 12.0 Å². The standard InChI is InChI=1S/C14H21N/c1-14(9-11-15-12-10-14)8-7-13-5-3-2-4-6-13/h2-6,15H,7-12H2,1H3. The van der Waals surface area contributed by atoms with Crippen LogP contribution in [0, 0.1) is 5.41 Å². The smallest absolute Gasteiger partial charge is 0.00437 e. The van der Waals surface area contributed by atoms with Crippen LogP contribution in [0.3, 0.4) is 0 Å². The molecule has 0 unspecified atom stereocenters. The summed E-state index contributed by atoms with van der Waals surface area (Å²) in [5.74, 6) is 0. The highest BCUT2D eigenvalue weighted by Gasteiger charge is 2.25. The van der Waals surface area contributed by atoms with Crippen molar-refractivity contribution in [3.63, 3.8) is 0 Å². The average molecular weight is 203 g/mol. The zero-order chi connectivity index (χ0) is 10.6. The number of aryl methyl sites for hydroxylation is 1. The fraction of sp³-hybridized carbons (Fsp3) is 0.571. The second-order valence-corrected chi connectivity index (χ2v) is 5.05. The maximum absolute atomic E-state index is 3.44. The van der Waals surface area contributed by atoms with Gasteiger partial charge in [0.15, 0.2) is 0 Å². The van der Waals surface area contributed by atoms with Crippen LogP contribution >= 0.6 is 0 Å². The van der Waals surface area contributed by atoms with Crippen LogP contribution in [-0.2, 0) is 6.42 Å². The molecule has 0 spiro atoms. The zero-order valence-corrected chi connectivity index (χ0v) is 9.63. The summed E-state index contributed by atoms with van der Waals surface area (Å²) in [6.45, 7) is 4.84. The van der Waals surface area contributed by atoms with Gasteiger partial charge in [-0.1, -0.05) is 37.3 Å². The molecule has 0 saturated carbocycles. The summed E-state index contributed by atoms with van der Waals surface area (Å²) in [5.41, 5.74) is 2.05. The fourth-order valence-electron chi connectivity index (χ4n) is 2.37. The van der Waals surface area contributed by atoms with Crippen LogP contribution in [0.4, 0.5) is 0 Å². The SMILES string of the molecule is CC1(CCc2ccccc2)CCNCC1. The van der Waals surface area contributed by atoms with Crippen molar-refractivity contribution in [3.05, 3.63) is 35.9 Å². The van der Waals surface area contributed by atoms with Crippen LogP contribution < -0.4 is 5.32 Å². The van der Waals surface area contributed by atoms with Gasteiger partial charge in [0.1, 0.15) is 0 Å². The van der Waals surface area contributed by atoms with E-state index in [4.69, 9.17) is 0 Å². The van der Waals surface area contributed by atoms with E-state index in [1.165, 1.54) is 44.3 Å². The van der Waals surface area contributed by atoms with Gasteiger partial charge < -0.3 is 5.32 Å². The van der Waals surface area contributed by atoms with Gasteiger partial charge in [0.05, 0.1) is 0 Å². The molecule has 0 aromatic heterocycles. The number of nitrogens with one attached hydrogen (secondary N) is 1. The van der Waals surface area contributed by atoms with E-state index in [0.717, 1.165) is 0 Å². The van der Waals surface area contributed by atoms with Crippen LogP contribution in [0.1, 0.15) is 31.7 Å². The molecule has 0 bridgehead atoms. The molecule has 0 amide bonds. The Balaban J connectivity index is 1.87. The maximum Gasteiger partial charge on any atom is -0.00437 e. The van der Waals surface area contributed by atoms with Crippen molar-refractivity contribution < 1.29 is 0 Å². The first-order valence-electron chi connectivity index (χ1n) is 6.03. The molecule has 1 aliphatic heterocycles. The molecule has 1 aliphatic rings. The molecule has 0 atom stereocenters. The van der Waals surface area contributed by atoms with Gasteiger partial charge in [-0.15, -0.1) is 0 Å². The molecule has 1 nitrogen and oxygen atoms in total. The van der Waals surface area contributed by atoms with E-state index < -0.39 is 0 Å². The van der Waals surface area contributed by atoms with Gasteiger partial charge in [-0.3, -0.25) is 0 Å². The summed E-state index contributed by atoms with van der Waals surface area (Å²) >= 11 is 0. The number of benzene rings is 1. The van der Waals surface area contributed by atoms with Gasteiger partial charge in [0.25, 0.3) is 0 Å². The third-order valence-electron chi connectivity index (χ3n) is 3.67. The molecule has 1 aromatic rings. The monoisotopic (exact) mass is 203 g/mol. The van der Waals surface area contributed by atoms with E-state index in [1.54, 1.807) is 0 Å². The van der Waals surface area contributed by atoms with E-state index in [1.807, 2.05) is 0 Å². The highest BCUT2D eigenvalue weighted by molar-refractivity contribution is 5.14. The van der Waals surface area contributed by atoms with Crippen LogP contribution in [-0.4, -0.2) is 13.1 Å². The Morgan fingerprint density at radius 3 is 2.47 bits per heavy atom. The lowest BCUT2D eigenvalue weighted by atomic mass is 9.76. The Hall–Kier alpha value is -0.820. The highest BCUT2D eigenvalue weighted by Crippen LogP contribution is 2.32. The third kappa shape index (κ3) is 3.07. The first kappa shape index (κ1) is 10.7. The summed E-state index contributed by atoms with van der Waals surface area (Å²) in [7, 11) is 0. The number of piperidine rings is 1. The quantitative estimate of drug-likeness (QED) is 0.796. The normalized spacial score (nSPS) is 20.1. The first-order valence-corrected chi connectivity index (χ1v) is 6.03. The molecule has 1 heteroatoms. The van der Waals surface area contributed by atoms with E-state index in [0.29, 0.717) is 5.41 Å². The second-order valence-electron chi connectivity index (χ2n) is 5.05. The molecule has 1 heterocycles. The van der Waals surface area contributed by atoms with Crippen molar-refractivity contribution in [3.8, 4) is 0 Å². The van der Waals surface area contributed by atoms with Crippen LogP contribution in [0.25, 0.3) is 0 Å². The van der Waals surface area contributed by atoms with Crippen molar-refractivity contribution in [2.75, 3.05) is 13.1 Å². The molecule has 15 heavy (non-hydrogen) atoms. The summed E-state index contributed by atoms with van der Waals surface area (Å²) in [6, 6.07) is 10.9. The van der Waals surface area contributed by atoms with Crippen LogP contribution in [0.5, 0.6) is 0 Å². The number of rotatable bonds is 3. The Bertz CT molecular complexity index is 285. The minimum absolute atomic E-state index is 0.571. The van der Waals surface area contributed by atoms with E-state index in [9.17, 15) is 0 Å². The number of hydrogen-bond donors (Lipinski definition) is 1. The lowest BCUT2D eigenvalue weighted by Gasteiger charge is -2.34. The van der Waals surface area contributed by atoms with Crippen molar-refractivity contribution in [2.45, 2.75) is 32.6 Å². The van der Waals surface area contributed by atoms with E-state index >= 15 is 0 Å². The lowest BCUT2D eigenvalue weighted by molar-refractivity contribution is 0.212. The Labute approximate surface area is 92.9 Å². The minimum atomic E-state index is 0.571. The van der Waals surface area contributed by atoms with Gasteiger partial charge in [-0.05, 0) is 49.8 Å².